The molecule has 3 atom stereocenters. The van der Waals surface area contributed by atoms with Gasteiger partial charge in [-0.3, -0.25) is 9.59 Å². The number of aromatic amines is 2. The summed E-state index contributed by atoms with van der Waals surface area (Å²) in [5.41, 5.74) is 2.18. The molecule has 4 amide bonds. The Morgan fingerprint density at radius 1 is 0.867 bits per heavy atom. The Morgan fingerprint density at radius 3 is 2.10 bits per heavy atom. The van der Waals surface area contributed by atoms with Crippen LogP contribution >= 0.6 is 0 Å². The number of halogens is 2. The smallest absolute Gasteiger partial charge is 0.407 e. The summed E-state index contributed by atoms with van der Waals surface area (Å²) >= 11 is 0. The number of methoxy groups -OCH3 is 2. The quantitative estimate of drug-likeness (QED) is 0.0795. The Hall–Kier alpha value is -6.26. The summed E-state index contributed by atoms with van der Waals surface area (Å²) in [5, 5.41) is 5.23. The van der Waals surface area contributed by atoms with E-state index >= 15 is 8.78 Å². The molecule has 15 nitrogen and oxygen atoms in total. The number of carbonyl (C=O) groups excluding carboxylic acids is 4. The molecular formula is C43H54F2N8O7. The third-order valence-electron chi connectivity index (χ3n) is 10.4. The number of rotatable bonds is 17. The number of hydrogen-bond donors (Lipinski definition) is 4. The second kappa shape index (κ2) is 19.7. The van der Waals surface area contributed by atoms with Crippen LogP contribution in [0.5, 0.6) is 5.75 Å². The van der Waals surface area contributed by atoms with Crippen molar-refractivity contribution in [3.63, 3.8) is 0 Å². The molecule has 1 aliphatic rings. The van der Waals surface area contributed by atoms with Gasteiger partial charge in [0.1, 0.15) is 47.7 Å². The number of aromatic nitrogens is 4. The highest BCUT2D eigenvalue weighted by atomic mass is 19.1. The molecule has 1 aliphatic heterocycles. The van der Waals surface area contributed by atoms with Crippen LogP contribution in [0.4, 0.5) is 18.4 Å². The van der Waals surface area contributed by atoms with Gasteiger partial charge in [-0.15, -0.1) is 6.58 Å². The van der Waals surface area contributed by atoms with Crippen molar-refractivity contribution in [2.45, 2.75) is 85.7 Å². The summed E-state index contributed by atoms with van der Waals surface area (Å²) in [7, 11) is 2.46. The third kappa shape index (κ3) is 9.77. The van der Waals surface area contributed by atoms with E-state index in [0.29, 0.717) is 65.8 Å². The number of carbonyl (C=O) groups is 4. The average molecular weight is 833 g/mol. The normalized spacial score (nSPS) is 13.3. The lowest BCUT2D eigenvalue weighted by molar-refractivity contribution is -0.137. The fraction of sp³-hybridized carbons (Fsp3) is 0.442. The van der Waals surface area contributed by atoms with Crippen molar-refractivity contribution in [2.75, 3.05) is 27.3 Å². The molecule has 5 rings (SSSR count). The Bertz CT molecular complexity index is 2200. The summed E-state index contributed by atoms with van der Waals surface area (Å²) in [4.78, 5) is 69.7. The van der Waals surface area contributed by atoms with Gasteiger partial charge in [-0.05, 0) is 55.4 Å². The number of nitrogens with zero attached hydrogens (tertiary/aromatic N) is 4. The largest absolute Gasteiger partial charge is 0.488 e. The maximum absolute atomic E-state index is 16.3. The highest BCUT2D eigenvalue weighted by molar-refractivity contribution is 5.87. The lowest BCUT2D eigenvalue weighted by Crippen LogP contribution is -2.52. The van der Waals surface area contributed by atoms with Gasteiger partial charge >= 0.3 is 12.2 Å². The second-order valence-corrected chi connectivity index (χ2v) is 15.3. The van der Waals surface area contributed by atoms with Crippen LogP contribution in [0.1, 0.15) is 77.6 Å². The van der Waals surface area contributed by atoms with Gasteiger partial charge in [0.2, 0.25) is 11.8 Å². The van der Waals surface area contributed by atoms with E-state index < -0.39 is 41.9 Å². The van der Waals surface area contributed by atoms with Gasteiger partial charge in [-0.1, -0.05) is 46.8 Å². The minimum Gasteiger partial charge on any atom is -0.488 e. The van der Waals surface area contributed by atoms with Crippen molar-refractivity contribution in [1.82, 2.24) is 40.4 Å². The van der Waals surface area contributed by atoms with Crippen molar-refractivity contribution in [1.29, 1.82) is 0 Å². The lowest BCUT2D eigenvalue weighted by atomic mass is 9.92. The molecule has 0 unspecified atom stereocenters. The van der Waals surface area contributed by atoms with Gasteiger partial charge in [0, 0.05) is 35.3 Å². The Kier molecular flexibility index (Phi) is 14.7. The molecule has 0 saturated heterocycles. The van der Waals surface area contributed by atoms with Crippen LogP contribution in [0.2, 0.25) is 0 Å². The monoisotopic (exact) mass is 832 g/mol. The zero-order valence-corrected chi connectivity index (χ0v) is 35.3. The van der Waals surface area contributed by atoms with Crippen molar-refractivity contribution >= 4 is 24.0 Å². The molecule has 2 aromatic carbocycles. The van der Waals surface area contributed by atoms with E-state index in [-0.39, 0.29) is 53.5 Å². The van der Waals surface area contributed by atoms with Crippen molar-refractivity contribution in [3.05, 3.63) is 78.2 Å². The zero-order valence-electron chi connectivity index (χ0n) is 35.3. The van der Waals surface area contributed by atoms with Gasteiger partial charge < -0.3 is 44.6 Å². The number of imidazole rings is 2. The van der Waals surface area contributed by atoms with E-state index in [2.05, 4.69) is 37.1 Å². The van der Waals surface area contributed by atoms with Crippen molar-refractivity contribution < 1.29 is 42.2 Å². The Morgan fingerprint density at radius 2 is 1.48 bits per heavy atom. The highest BCUT2D eigenvalue weighted by Crippen LogP contribution is 2.43. The number of benzene rings is 2. The average Bonchev–Trinajstić information content (AvgIpc) is 3.92. The molecule has 0 saturated carbocycles. The van der Waals surface area contributed by atoms with Crippen LogP contribution in [-0.4, -0.2) is 93.1 Å². The number of nitrogens with one attached hydrogen (secondary N) is 4. The maximum atomic E-state index is 16.3. The van der Waals surface area contributed by atoms with Crippen LogP contribution in [0.15, 0.2) is 49.3 Å². The predicted octanol–water partition coefficient (Wildman–Crippen LogP) is 7.27. The van der Waals surface area contributed by atoms with E-state index in [1.165, 1.54) is 38.7 Å². The third-order valence-corrected chi connectivity index (χ3v) is 10.4. The summed E-state index contributed by atoms with van der Waals surface area (Å²) in [5.74, 6) is -1.10. The molecule has 4 aromatic rings. The predicted molar refractivity (Wildman–Crippen MR) is 220 cm³/mol. The summed E-state index contributed by atoms with van der Waals surface area (Å²) in [6, 6.07) is 3.89. The van der Waals surface area contributed by atoms with Gasteiger partial charge in [0.25, 0.3) is 0 Å². The number of alkyl carbamates (subject to hydrolysis) is 2. The first-order valence-electron chi connectivity index (χ1n) is 19.9. The SMILES string of the molecule is C=CCCN(Cc1ncc(-c2ccc3c(c2F)COc2cc(-c4cnc([C@H](C)N(CCC)C(=O)[C@@H](NC(=O)OC)C(C)C)[nH]4)c(F)cc2-3)[nH]1)C(=O)[C@@H](NC(=O)OC)C(C)C. The van der Waals surface area contributed by atoms with E-state index in [1.807, 2.05) is 34.6 Å². The van der Waals surface area contributed by atoms with Crippen LogP contribution in [0.25, 0.3) is 33.6 Å². The molecule has 60 heavy (non-hydrogen) atoms. The summed E-state index contributed by atoms with van der Waals surface area (Å²) in [6.07, 6.45) is 4.34. The first kappa shape index (κ1) is 44.8. The number of fused-ring (bicyclic) bond motifs is 3. The number of ether oxygens (including phenoxy) is 3. The van der Waals surface area contributed by atoms with Crippen LogP contribution in [-0.2, 0) is 32.2 Å². The molecule has 0 bridgehead atoms. The summed E-state index contributed by atoms with van der Waals surface area (Å²) < 4.78 is 47.8. The summed E-state index contributed by atoms with van der Waals surface area (Å²) in [6.45, 7) is 15.4. The molecule has 2 aromatic heterocycles. The van der Waals surface area contributed by atoms with Gasteiger partial charge in [0.05, 0.1) is 50.6 Å². The number of amides is 4. The van der Waals surface area contributed by atoms with E-state index in [1.54, 1.807) is 34.9 Å². The van der Waals surface area contributed by atoms with E-state index in [4.69, 9.17) is 14.2 Å². The van der Waals surface area contributed by atoms with Gasteiger partial charge in [-0.2, -0.15) is 0 Å². The minimum absolute atomic E-state index is 0.0579. The topological polar surface area (TPSA) is 184 Å². The van der Waals surface area contributed by atoms with Gasteiger partial charge in [-0.25, -0.2) is 28.3 Å². The number of hydrogen-bond acceptors (Lipinski definition) is 9. The first-order valence-corrected chi connectivity index (χ1v) is 19.9. The molecule has 322 valence electrons. The first-order chi connectivity index (χ1) is 28.6. The Labute approximate surface area is 348 Å². The molecule has 0 fully saturated rings. The standard InChI is InChI=1S/C43H54F2N8O7/c1-10-12-16-52(40(54)37(23(3)4)50-42(56)58-8)21-35-46-19-32(48-35)27-14-13-26-28-17-31(44)29(18-34(28)60-22-30(26)36(27)45)33-20-47-39(49-33)25(7)53(15-11-2)41(55)38(24(5)6)51-43(57)59-9/h10,13-14,17-20,23-25,37-38H,1,11-12,15-16,21-22H2,2-9H3,(H,46,48)(H,47,49)(H,50,56)(H,51,57)/t25-,37-,38-/m0/s1. The molecular weight excluding hydrogens is 779 g/mol. The molecule has 0 aliphatic carbocycles. The van der Waals surface area contributed by atoms with E-state index in [0.717, 1.165) is 0 Å². The lowest BCUT2D eigenvalue weighted by Gasteiger charge is -2.33. The van der Waals surface area contributed by atoms with Crippen LogP contribution in [0, 0.1) is 23.5 Å². The highest BCUT2D eigenvalue weighted by Gasteiger charge is 2.34. The van der Waals surface area contributed by atoms with E-state index in [9.17, 15) is 19.2 Å². The Balaban J connectivity index is 1.37. The fourth-order valence-electron chi connectivity index (χ4n) is 7.08. The van der Waals surface area contributed by atoms with Crippen LogP contribution < -0.4 is 15.4 Å². The molecule has 0 spiro atoms. The minimum atomic E-state index is -0.847. The molecule has 0 radical (unpaired) electrons. The van der Waals surface area contributed by atoms with Crippen molar-refractivity contribution in [3.8, 4) is 39.4 Å². The second-order valence-electron chi connectivity index (χ2n) is 15.3. The van der Waals surface area contributed by atoms with Gasteiger partial charge in [0.15, 0.2) is 0 Å². The fourth-order valence-corrected chi connectivity index (χ4v) is 7.08. The van der Waals surface area contributed by atoms with Crippen LogP contribution in [0.3, 0.4) is 0 Å². The molecule has 3 heterocycles. The maximum Gasteiger partial charge on any atom is 0.407 e. The zero-order chi connectivity index (χ0) is 43.8. The van der Waals surface area contributed by atoms with Crippen molar-refractivity contribution in [2.24, 2.45) is 11.8 Å². The molecule has 4 N–H and O–H groups in total. The number of H-pyrrole nitrogens is 2. The molecule has 17 heteroatoms.